The average Bonchev–Trinajstić information content (AvgIpc) is 3.47. The van der Waals surface area contributed by atoms with Gasteiger partial charge in [-0.05, 0) is 55.0 Å². The molecule has 3 aromatic heterocycles. The number of hydrogen-bond donors (Lipinski definition) is 1. The molecular weight excluding hydrogens is 390 g/mol. The van der Waals surface area contributed by atoms with Gasteiger partial charge in [-0.25, -0.2) is 0 Å². The zero-order chi connectivity index (χ0) is 21.4. The van der Waals surface area contributed by atoms with E-state index in [0.717, 1.165) is 16.6 Å². The molecule has 2 aromatic carbocycles. The lowest BCUT2D eigenvalue weighted by atomic mass is 10.1. The first-order valence-electron chi connectivity index (χ1n) is 10.1. The van der Waals surface area contributed by atoms with Gasteiger partial charge in [0.25, 0.3) is 11.5 Å². The SMILES string of the molecule is Cc1cccc(Cn2c(=O)c3cccn3c3ccc(C(=O)NCc4ccco4)cc32)c1. The van der Waals surface area contributed by atoms with Gasteiger partial charge in [-0.15, -0.1) is 0 Å². The van der Waals surface area contributed by atoms with Gasteiger partial charge in [-0.3, -0.25) is 9.59 Å². The maximum Gasteiger partial charge on any atom is 0.275 e. The molecule has 0 aliphatic rings. The van der Waals surface area contributed by atoms with Crippen LogP contribution in [-0.4, -0.2) is 14.9 Å². The Hall–Kier alpha value is -4.06. The molecule has 0 aliphatic heterocycles. The number of nitrogens with one attached hydrogen (secondary N) is 1. The Morgan fingerprint density at radius 1 is 0.968 bits per heavy atom. The minimum atomic E-state index is -0.222. The highest BCUT2D eigenvalue weighted by atomic mass is 16.3. The molecule has 0 fully saturated rings. The minimum Gasteiger partial charge on any atom is -0.467 e. The summed E-state index contributed by atoms with van der Waals surface area (Å²) in [5.74, 6) is 0.458. The molecule has 0 saturated heterocycles. The summed E-state index contributed by atoms with van der Waals surface area (Å²) >= 11 is 0. The summed E-state index contributed by atoms with van der Waals surface area (Å²) in [5, 5.41) is 2.86. The summed E-state index contributed by atoms with van der Waals surface area (Å²) in [4.78, 5) is 26.0. The fourth-order valence-corrected chi connectivity index (χ4v) is 3.93. The van der Waals surface area contributed by atoms with Gasteiger partial charge in [-0.2, -0.15) is 0 Å². The number of fused-ring (bicyclic) bond motifs is 3. The molecule has 0 unspecified atom stereocenters. The second-order valence-electron chi connectivity index (χ2n) is 7.61. The first kappa shape index (κ1) is 18.9. The first-order chi connectivity index (χ1) is 15.1. The Bertz CT molecular complexity index is 1460. The van der Waals surface area contributed by atoms with E-state index in [1.807, 2.05) is 60.0 Å². The van der Waals surface area contributed by atoms with Crippen LogP contribution in [0.5, 0.6) is 0 Å². The number of nitrogens with zero attached hydrogens (tertiary/aromatic N) is 2. The molecule has 0 spiro atoms. The van der Waals surface area contributed by atoms with Gasteiger partial charge < -0.3 is 18.7 Å². The third-order valence-electron chi connectivity index (χ3n) is 5.43. The predicted molar refractivity (Wildman–Crippen MR) is 119 cm³/mol. The molecule has 3 heterocycles. The largest absolute Gasteiger partial charge is 0.467 e. The van der Waals surface area contributed by atoms with Crippen LogP contribution in [0.15, 0.2) is 88.4 Å². The van der Waals surface area contributed by atoms with Crippen molar-refractivity contribution in [3.05, 3.63) is 112 Å². The maximum atomic E-state index is 13.3. The zero-order valence-corrected chi connectivity index (χ0v) is 17.0. The van der Waals surface area contributed by atoms with Crippen LogP contribution < -0.4 is 10.9 Å². The third-order valence-corrected chi connectivity index (χ3v) is 5.43. The molecule has 0 bridgehead atoms. The molecule has 0 aliphatic carbocycles. The van der Waals surface area contributed by atoms with E-state index in [-0.39, 0.29) is 11.5 Å². The number of aryl methyl sites for hydroxylation is 1. The van der Waals surface area contributed by atoms with Crippen molar-refractivity contribution in [1.82, 2.24) is 14.3 Å². The summed E-state index contributed by atoms with van der Waals surface area (Å²) in [6.07, 6.45) is 3.44. The molecule has 6 heteroatoms. The highest BCUT2D eigenvalue weighted by molar-refractivity contribution is 5.97. The van der Waals surface area contributed by atoms with E-state index in [9.17, 15) is 9.59 Å². The number of rotatable bonds is 5. The normalized spacial score (nSPS) is 11.3. The lowest BCUT2D eigenvalue weighted by Gasteiger charge is -2.14. The van der Waals surface area contributed by atoms with Crippen molar-refractivity contribution < 1.29 is 9.21 Å². The quantitative estimate of drug-likeness (QED) is 0.473. The van der Waals surface area contributed by atoms with E-state index in [0.29, 0.717) is 35.4 Å². The van der Waals surface area contributed by atoms with Crippen LogP contribution in [0.3, 0.4) is 0 Å². The van der Waals surface area contributed by atoms with Crippen LogP contribution in [-0.2, 0) is 13.1 Å². The fourth-order valence-electron chi connectivity index (χ4n) is 3.93. The van der Waals surface area contributed by atoms with Gasteiger partial charge in [0.2, 0.25) is 0 Å². The van der Waals surface area contributed by atoms with E-state index >= 15 is 0 Å². The number of furan rings is 1. The van der Waals surface area contributed by atoms with Crippen molar-refractivity contribution in [2.24, 2.45) is 0 Å². The van der Waals surface area contributed by atoms with E-state index in [4.69, 9.17) is 4.42 Å². The van der Waals surface area contributed by atoms with Crippen LogP contribution in [0.4, 0.5) is 0 Å². The van der Waals surface area contributed by atoms with E-state index in [1.165, 1.54) is 0 Å². The van der Waals surface area contributed by atoms with E-state index < -0.39 is 0 Å². The molecule has 154 valence electrons. The van der Waals surface area contributed by atoms with E-state index in [1.54, 1.807) is 29.0 Å². The Balaban J connectivity index is 1.60. The summed E-state index contributed by atoms with van der Waals surface area (Å²) in [6, 6.07) is 20.8. The predicted octanol–water partition coefficient (Wildman–Crippen LogP) is 4.13. The Morgan fingerprint density at radius 2 is 1.87 bits per heavy atom. The smallest absolute Gasteiger partial charge is 0.275 e. The van der Waals surface area contributed by atoms with Crippen molar-refractivity contribution in [1.29, 1.82) is 0 Å². The Labute approximate surface area is 178 Å². The lowest BCUT2D eigenvalue weighted by Crippen LogP contribution is -2.25. The Kier molecular flexibility index (Phi) is 4.67. The number of benzene rings is 2. The summed E-state index contributed by atoms with van der Waals surface area (Å²) in [7, 11) is 0. The van der Waals surface area contributed by atoms with Crippen LogP contribution >= 0.6 is 0 Å². The molecule has 6 nitrogen and oxygen atoms in total. The monoisotopic (exact) mass is 411 g/mol. The molecule has 0 radical (unpaired) electrons. The van der Waals surface area contributed by atoms with Gasteiger partial charge in [-0.1, -0.05) is 29.8 Å². The Morgan fingerprint density at radius 3 is 2.68 bits per heavy atom. The number of carbonyl (C=O) groups excluding carboxylic acids is 1. The molecule has 1 amide bonds. The van der Waals surface area contributed by atoms with Crippen molar-refractivity contribution in [3.63, 3.8) is 0 Å². The standard InChI is InChI=1S/C25H21N3O3/c1-17-5-2-6-18(13-17)16-28-23-14-19(24(29)26-15-20-7-4-12-31-20)9-10-21(23)27-11-3-8-22(27)25(28)30/h2-14H,15-16H2,1H3,(H,26,29). The first-order valence-corrected chi connectivity index (χ1v) is 10.1. The summed E-state index contributed by atoms with van der Waals surface area (Å²) < 4.78 is 8.89. The zero-order valence-electron chi connectivity index (χ0n) is 17.0. The second kappa shape index (κ2) is 7.65. The molecule has 0 saturated carbocycles. The van der Waals surface area contributed by atoms with Gasteiger partial charge in [0.05, 0.1) is 30.4 Å². The topological polar surface area (TPSA) is 68.7 Å². The molecule has 1 N–H and O–H groups in total. The molecule has 0 atom stereocenters. The van der Waals surface area contributed by atoms with Crippen molar-refractivity contribution in [3.8, 4) is 0 Å². The van der Waals surface area contributed by atoms with Crippen LogP contribution in [0.1, 0.15) is 27.2 Å². The molecule has 31 heavy (non-hydrogen) atoms. The van der Waals surface area contributed by atoms with Gasteiger partial charge >= 0.3 is 0 Å². The maximum absolute atomic E-state index is 13.3. The fraction of sp³-hybridized carbons (Fsp3) is 0.120. The number of hydrogen-bond acceptors (Lipinski definition) is 3. The lowest BCUT2D eigenvalue weighted by molar-refractivity contribution is 0.0948. The summed E-state index contributed by atoms with van der Waals surface area (Å²) in [5.41, 5.74) is 4.75. The highest BCUT2D eigenvalue weighted by Gasteiger charge is 2.14. The van der Waals surface area contributed by atoms with Gasteiger partial charge in [0.1, 0.15) is 11.3 Å². The van der Waals surface area contributed by atoms with Gasteiger partial charge in [0, 0.05) is 11.8 Å². The molecule has 5 aromatic rings. The molecule has 5 rings (SSSR count). The second-order valence-corrected chi connectivity index (χ2v) is 7.61. The number of aromatic nitrogens is 2. The summed E-state index contributed by atoms with van der Waals surface area (Å²) in [6.45, 7) is 2.76. The van der Waals surface area contributed by atoms with Crippen molar-refractivity contribution >= 4 is 22.5 Å². The van der Waals surface area contributed by atoms with Crippen LogP contribution in [0, 0.1) is 6.92 Å². The third kappa shape index (κ3) is 3.53. The van der Waals surface area contributed by atoms with Crippen LogP contribution in [0.25, 0.3) is 16.6 Å². The number of amides is 1. The van der Waals surface area contributed by atoms with Gasteiger partial charge in [0.15, 0.2) is 0 Å². The molecular formula is C25H21N3O3. The van der Waals surface area contributed by atoms with Crippen LogP contribution in [0.2, 0.25) is 0 Å². The van der Waals surface area contributed by atoms with Crippen molar-refractivity contribution in [2.75, 3.05) is 0 Å². The minimum absolute atomic E-state index is 0.0906. The number of carbonyl (C=O) groups is 1. The van der Waals surface area contributed by atoms with Crippen molar-refractivity contribution in [2.45, 2.75) is 20.0 Å². The highest BCUT2D eigenvalue weighted by Crippen LogP contribution is 2.19. The average molecular weight is 411 g/mol. The van der Waals surface area contributed by atoms with E-state index in [2.05, 4.69) is 11.4 Å².